The van der Waals surface area contributed by atoms with Crippen LogP contribution in [0.5, 0.6) is 0 Å². The van der Waals surface area contributed by atoms with Gasteiger partial charge < -0.3 is 0 Å². The van der Waals surface area contributed by atoms with Gasteiger partial charge in [0.15, 0.2) is 11.6 Å². The minimum atomic E-state index is 0.164. The lowest BCUT2D eigenvalue weighted by Crippen LogP contribution is -2.00. The van der Waals surface area contributed by atoms with Gasteiger partial charge in [0.1, 0.15) is 0 Å². The first-order valence-corrected chi connectivity index (χ1v) is 15.7. The molecule has 0 aliphatic heterocycles. The summed E-state index contributed by atoms with van der Waals surface area (Å²) in [6.07, 6.45) is 12.0. The third-order valence-electron chi connectivity index (χ3n) is 8.11. The van der Waals surface area contributed by atoms with Gasteiger partial charge in [0.25, 0.3) is 0 Å². The predicted octanol–water partition coefficient (Wildman–Crippen LogP) is 11.8. The first-order chi connectivity index (χ1) is 22.4. The van der Waals surface area contributed by atoms with Gasteiger partial charge in [0.05, 0.1) is 0 Å². The molecule has 0 amide bonds. The zero-order chi connectivity index (χ0) is 32.0. The molecule has 1 aromatic heterocycles. The summed E-state index contributed by atoms with van der Waals surface area (Å²) in [6.45, 7) is 10.0. The molecule has 6 aromatic rings. The van der Waals surface area contributed by atoms with Gasteiger partial charge in [-0.2, -0.15) is 9.97 Å². The highest BCUT2D eigenvalue weighted by Crippen LogP contribution is 2.34. The summed E-state index contributed by atoms with van der Waals surface area (Å²) in [5.74, 6) is 1.09. The molecular weight excluding hydrogens is 582 g/mol. The summed E-state index contributed by atoms with van der Waals surface area (Å²) in [5, 5.41) is 2.48. The summed E-state index contributed by atoms with van der Waals surface area (Å²) < 4.78 is 0. The van der Waals surface area contributed by atoms with Crippen molar-refractivity contribution < 1.29 is 0 Å². The quantitative estimate of drug-likeness (QED) is 0.160. The molecule has 0 spiro atoms. The fourth-order valence-corrected chi connectivity index (χ4v) is 5.86. The number of rotatable bonds is 8. The zero-order valence-corrected chi connectivity index (χ0v) is 27.0. The van der Waals surface area contributed by atoms with E-state index in [2.05, 4.69) is 127 Å². The molecule has 0 atom stereocenters. The largest absolute Gasteiger partial charge is 0.226 e. The number of aromatic nitrogens is 3. The second-order valence-corrected chi connectivity index (χ2v) is 11.5. The molecule has 1 heterocycles. The Balaban J connectivity index is 1.40. The van der Waals surface area contributed by atoms with Gasteiger partial charge in [-0.1, -0.05) is 122 Å². The Morgan fingerprint density at radius 2 is 1.35 bits per heavy atom. The molecule has 5 aromatic carbocycles. The lowest BCUT2D eigenvalue weighted by atomic mass is 9.93. The molecule has 0 bridgehead atoms. The van der Waals surface area contributed by atoms with Crippen LogP contribution in [0.4, 0.5) is 0 Å². The molecule has 0 fully saturated rings. The van der Waals surface area contributed by atoms with Gasteiger partial charge in [0, 0.05) is 11.1 Å². The molecule has 0 aliphatic rings. The van der Waals surface area contributed by atoms with Crippen LogP contribution in [0.25, 0.3) is 67.5 Å². The van der Waals surface area contributed by atoms with Crippen LogP contribution in [0.15, 0.2) is 140 Å². The Labute approximate surface area is 276 Å². The van der Waals surface area contributed by atoms with E-state index in [1.54, 1.807) is 6.08 Å². The van der Waals surface area contributed by atoms with Crippen molar-refractivity contribution in [3.63, 3.8) is 0 Å². The van der Waals surface area contributed by atoms with E-state index >= 15 is 0 Å². The molecule has 3 nitrogen and oxygen atoms in total. The summed E-state index contributed by atoms with van der Waals surface area (Å²) in [4.78, 5) is 14.0. The normalized spacial score (nSPS) is 12.0. The number of benzene rings is 5. The van der Waals surface area contributed by atoms with E-state index < -0.39 is 0 Å². The van der Waals surface area contributed by atoms with Gasteiger partial charge >= 0.3 is 0 Å². The van der Waals surface area contributed by atoms with Crippen LogP contribution in [0.3, 0.4) is 0 Å². The first-order valence-electron chi connectivity index (χ1n) is 15.3. The van der Waals surface area contributed by atoms with Crippen molar-refractivity contribution in [3.05, 3.63) is 162 Å². The zero-order valence-electron chi connectivity index (χ0n) is 26.2. The molecule has 6 rings (SSSR count). The van der Waals surface area contributed by atoms with E-state index in [0.717, 1.165) is 49.9 Å². The van der Waals surface area contributed by atoms with Crippen molar-refractivity contribution in [1.29, 1.82) is 0 Å². The second-order valence-electron chi connectivity index (χ2n) is 11.1. The monoisotopic (exact) mass is 615 g/mol. The molecule has 0 saturated heterocycles. The molecule has 0 unspecified atom stereocenters. The smallest absolute Gasteiger partial charge is 0.208 e. The minimum Gasteiger partial charge on any atom is -0.208 e. The number of nitrogens with zero attached hydrogens (tertiary/aromatic N) is 3. The van der Waals surface area contributed by atoms with E-state index in [-0.39, 0.29) is 5.28 Å². The van der Waals surface area contributed by atoms with Crippen LogP contribution in [-0.2, 0) is 0 Å². The third-order valence-corrected chi connectivity index (χ3v) is 8.28. The van der Waals surface area contributed by atoms with Crippen molar-refractivity contribution in [3.8, 4) is 45.0 Å². The summed E-state index contributed by atoms with van der Waals surface area (Å²) in [6, 6.07) is 36.0. The highest BCUT2D eigenvalue weighted by molar-refractivity contribution is 6.28. The van der Waals surface area contributed by atoms with Crippen molar-refractivity contribution in [2.24, 2.45) is 0 Å². The third kappa shape index (κ3) is 6.51. The van der Waals surface area contributed by atoms with Gasteiger partial charge in [-0.25, -0.2) is 4.98 Å². The summed E-state index contributed by atoms with van der Waals surface area (Å²) >= 11 is 6.52. The van der Waals surface area contributed by atoms with Gasteiger partial charge in [-0.3, -0.25) is 0 Å². The average Bonchev–Trinajstić information content (AvgIpc) is 3.09. The van der Waals surface area contributed by atoms with E-state index in [0.29, 0.717) is 11.6 Å². The van der Waals surface area contributed by atoms with Crippen LogP contribution >= 0.6 is 11.6 Å². The van der Waals surface area contributed by atoms with Crippen LogP contribution in [-0.4, -0.2) is 15.0 Å². The molecule has 4 heteroatoms. The number of halogens is 1. The molecule has 0 saturated carbocycles. The van der Waals surface area contributed by atoms with E-state index in [1.807, 2.05) is 43.3 Å². The molecular formula is C42H34ClN3. The van der Waals surface area contributed by atoms with E-state index in [1.165, 1.54) is 16.5 Å². The van der Waals surface area contributed by atoms with Gasteiger partial charge in [-0.05, 0) is 112 Å². The number of hydrogen-bond donors (Lipinski definition) is 0. The fraction of sp³-hybridized carbons (Fsp3) is 0.0714. The topological polar surface area (TPSA) is 38.7 Å². The summed E-state index contributed by atoms with van der Waals surface area (Å²) in [5.41, 5.74) is 10.9. The van der Waals surface area contributed by atoms with Crippen LogP contribution in [0.1, 0.15) is 30.5 Å². The van der Waals surface area contributed by atoms with Crippen LogP contribution in [0.2, 0.25) is 5.28 Å². The Morgan fingerprint density at radius 3 is 2.07 bits per heavy atom. The van der Waals surface area contributed by atoms with Gasteiger partial charge in [0.2, 0.25) is 5.28 Å². The number of hydrogen-bond acceptors (Lipinski definition) is 3. The van der Waals surface area contributed by atoms with E-state index in [4.69, 9.17) is 16.6 Å². The molecule has 0 aliphatic carbocycles. The Hall–Kier alpha value is -5.38. The Bertz CT molecular complexity index is 2140. The predicted molar refractivity (Wildman–Crippen MR) is 197 cm³/mol. The highest BCUT2D eigenvalue weighted by atomic mass is 35.5. The Kier molecular flexibility index (Phi) is 9.14. The Morgan fingerprint density at radius 1 is 0.696 bits per heavy atom. The average molecular weight is 616 g/mol. The number of fused-ring (bicyclic) bond motifs is 1. The van der Waals surface area contributed by atoms with Crippen LogP contribution in [0, 0.1) is 6.92 Å². The first kappa shape index (κ1) is 30.6. The maximum absolute atomic E-state index is 6.52. The fourth-order valence-electron chi connectivity index (χ4n) is 5.70. The van der Waals surface area contributed by atoms with Crippen molar-refractivity contribution in [2.75, 3.05) is 0 Å². The van der Waals surface area contributed by atoms with E-state index in [9.17, 15) is 0 Å². The maximum Gasteiger partial charge on any atom is 0.226 e. The van der Waals surface area contributed by atoms with Gasteiger partial charge in [-0.15, -0.1) is 0 Å². The SMILES string of the molecule is C=CC=CC=C(C)c1cc(-c2ccccc2)cc(-c2ccc(-c3nc(Cl)nc(-c4cc5ccccc5c(C=CC)c4C)n3)cc2)c1. The summed E-state index contributed by atoms with van der Waals surface area (Å²) in [7, 11) is 0. The molecule has 0 radical (unpaired) electrons. The highest BCUT2D eigenvalue weighted by Gasteiger charge is 2.16. The minimum absolute atomic E-state index is 0.164. The maximum atomic E-state index is 6.52. The lowest BCUT2D eigenvalue weighted by molar-refractivity contribution is 1.06. The second kappa shape index (κ2) is 13.7. The lowest BCUT2D eigenvalue weighted by Gasteiger charge is -2.13. The van der Waals surface area contributed by atoms with Crippen LogP contribution < -0.4 is 0 Å². The van der Waals surface area contributed by atoms with Crippen molar-refractivity contribution >= 4 is 34.0 Å². The number of allylic oxidation sites excluding steroid dienone is 6. The molecule has 46 heavy (non-hydrogen) atoms. The molecule has 224 valence electrons. The standard InChI is InChI=1S/C42H34ClN3/c1-5-7-9-15-28(3)34-24-35(30-16-10-8-11-17-30)26-36(25-34)31-20-22-32(23-21-31)40-44-41(46-42(43)45-40)39-27-33-18-12-13-19-38(33)37(14-6-2)29(39)4/h5-27H,1H2,2-4H3. The van der Waals surface area contributed by atoms with Crippen molar-refractivity contribution in [1.82, 2.24) is 15.0 Å². The molecule has 0 N–H and O–H groups in total. The van der Waals surface area contributed by atoms with Crippen molar-refractivity contribution in [2.45, 2.75) is 20.8 Å².